The Morgan fingerprint density at radius 1 is 1.27 bits per heavy atom. The molecule has 0 spiro atoms. The number of amides is 1. The second-order valence-corrected chi connectivity index (χ2v) is 5.67. The molecule has 3 rings (SSSR count). The first kappa shape index (κ1) is 14.8. The highest BCUT2D eigenvalue weighted by Gasteiger charge is 2.17. The number of nitrogens with one attached hydrogen (secondary N) is 1. The highest BCUT2D eigenvalue weighted by molar-refractivity contribution is 6.02. The van der Waals surface area contributed by atoms with Crippen molar-refractivity contribution in [1.29, 1.82) is 0 Å². The summed E-state index contributed by atoms with van der Waals surface area (Å²) in [6, 6.07) is 9.56. The van der Waals surface area contributed by atoms with Crippen molar-refractivity contribution < 1.29 is 9.32 Å². The normalized spacial score (nSPS) is 15.1. The molecule has 1 aromatic carbocycles. The Morgan fingerprint density at radius 3 is 2.68 bits per heavy atom. The third-order valence-electron chi connectivity index (χ3n) is 3.99. The largest absolute Gasteiger partial charge is 0.359 e. The number of hydrogen-bond acceptors (Lipinski definition) is 4. The van der Waals surface area contributed by atoms with Crippen LogP contribution in [0.2, 0.25) is 0 Å². The Labute approximate surface area is 130 Å². The number of anilines is 1. The third-order valence-corrected chi connectivity index (χ3v) is 3.99. The first-order valence-corrected chi connectivity index (χ1v) is 7.83. The molecule has 1 aliphatic rings. The van der Waals surface area contributed by atoms with Crippen LogP contribution in [-0.2, 0) is 13.0 Å². The topological polar surface area (TPSA) is 58.4 Å². The van der Waals surface area contributed by atoms with Crippen LogP contribution >= 0.6 is 0 Å². The van der Waals surface area contributed by atoms with Gasteiger partial charge < -0.3 is 9.84 Å². The van der Waals surface area contributed by atoms with Gasteiger partial charge in [-0.1, -0.05) is 24.2 Å². The van der Waals surface area contributed by atoms with Gasteiger partial charge in [-0.2, -0.15) is 0 Å². The van der Waals surface area contributed by atoms with Gasteiger partial charge in [-0.15, -0.1) is 0 Å². The maximum absolute atomic E-state index is 12.2. The second-order valence-electron chi connectivity index (χ2n) is 5.67. The minimum Gasteiger partial charge on any atom is -0.359 e. The smallest absolute Gasteiger partial charge is 0.277 e. The standard InChI is InChI=1S/C17H21N3O2/c1-2-13-5-7-14(8-6-13)18-17(21)16-11-15(22-19-16)12-20-9-3-4-10-20/h5-8,11H,2-4,9-10,12H2,1H3,(H,18,21). The van der Waals surface area contributed by atoms with Gasteiger partial charge in [0.25, 0.3) is 5.91 Å². The van der Waals surface area contributed by atoms with Crippen molar-refractivity contribution >= 4 is 11.6 Å². The fourth-order valence-electron chi connectivity index (χ4n) is 2.67. The first-order valence-electron chi connectivity index (χ1n) is 7.83. The summed E-state index contributed by atoms with van der Waals surface area (Å²) in [6.45, 7) is 5.01. The van der Waals surface area contributed by atoms with E-state index in [2.05, 4.69) is 22.3 Å². The van der Waals surface area contributed by atoms with Gasteiger partial charge in [0, 0.05) is 11.8 Å². The predicted molar refractivity (Wildman–Crippen MR) is 84.8 cm³/mol. The van der Waals surface area contributed by atoms with Crippen molar-refractivity contribution in [3.8, 4) is 0 Å². The lowest BCUT2D eigenvalue weighted by molar-refractivity contribution is 0.101. The van der Waals surface area contributed by atoms with Gasteiger partial charge in [-0.3, -0.25) is 9.69 Å². The lowest BCUT2D eigenvalue weighted by Crippen LogP contribution is -2.18. The number of nitrogens with zero attached hydrogens (tertiary/aromatic N) is 2. The van der Waals surface area contributed by atoms with E-state index < -0.39 is 0 Å². The average molecular weight is 299 g/mol. The van der Waals surface area contributed by atoms with Crippen LogP contribution in [0.25, 0.3) is 0 Å². The molecule has 1 N–H and O–H groups in total. The monoisotopic (exact) mass is 299 g/mol. The Kier molecular flexibility index (Phi) is 4.53. The van der Waals surface area contributed by atoms with E-state index >= 15 is 0 Å². The molecular weight excluding hydrogens is 278 g/mol. The quantitative estimate of drug-likeness (QED) is 0.921. The molecule has 116 valence electrons. The van der Waals surface area contributed by atoms with Gasteiger partial charge in [0.15, 0.2) is 11.5 Å². The van der Waals surface area contributed by atoms with Crippen LogP contribution in [0.3, 0.4) is 0 Å². The summed E-state index contributed by atoms with van der Waals surface area (Å²) in [5.41, 5.74) is 2.34. The number of hydrogen-bond donors (Lipinski definition) is 1. The number of likely N-dealkylation sites (tertiary alicyclic amines) is 1. The lowest BCUT2D eigenvalue weighted by atomic mass is 10.1. The Hall–Kier alpha value is -2.14. The Balaban J connectivity index is 1.60. The number of benzene rings is 1. The molecule has 2 aromatic rings. The van der Waals surface area contributed by atoms with E-state index in [4.69, 9.17) is 4.52 Å². The molecule has 0 saturated carbocycles. The van der Waals surface area contributed by atoms with Gasteiger partial charge in [-0.05, 0) is 50.0 Å². The molecule has 0 unspecified atom stereocenters. The molecule has 1 aromatic heterocycles. The zero-order valence-corrected chi connectivity index (χ0v) is 12.8. The molecular formula is C17H21N3O2. The number of rotatable bonds is 5. The van der Waals surface area contributed by atoms with Gasteiger partial charge in [0.05, 0.1) is 6.54 Å². The maximum Gasteiger partial charge on any atom is 0.277 e. The summed E-state index contributed by atoms with van der Waals surface area (Å²) in [4.78, 5) is 14.5. The predicted octanol–water partition coefficient (Wildman–Crippen LogP) is 3.09. The van der Waals surface area contributed by atoms with Crippen molar-refractivity contribution in [2.45, 2.75) is 32.7 Å². The molecule has 1 fully saturated rings. The molecule has 0 atom stereocenters. The summed E-state index contributed by atoms with van der Waals surface area (Å²) in [7, 11) is 0. The summed E-state index contributed by atoms with van der Waals surface area (Å²) in [6.07, 6.45) is 3.45. The highest BCUT2D eigenvalue weighted by atomic mass is 16.5. The minimum absolute atomic E-state index is 0.235. The van der Waals surface area contributed by atoms with Crippen molar-refractivity contribution in [1.82, 2.24) is 10.1 Å². The van der Waals surface area contributed by atoms with Gasteiger partial charge in [0.2, 0.25) is 0 Å². The van der Waals surface area contributed by atoms with Crippen molar-refractivity contribution in [3.05, 3.63) is 47.3 Å². The first-order chi connectivity index (χ1) is 10.7. The zero-order valence-electron chi connectivity index (χ0n) is 12.8. The number of aromatic nitrogens is 1. The molecule has 5 heteroatoms. The van der Waals surface area contributed by atoms with Crippen LogP contribution in [0.15, 0.2) is 34.9 Å². The van der Waals surface area contributed by atoms with Crippen LogP contribution in [0.5, 0.6) is 0 Å². The zero-order chi connectivity index (χ0) is 15.4. The van der Waals surface area contributed by atoms with Gasteiger partial charge >= 0.3 is 0 Å². The van der Waals surface area contributed by atoms with E-state index in [1.165, 1.54) is 18.4 Å². The maximum atomic E-state index is 12.2. The van der Waals surface area contributed by atoms with Crippen LogP contribution < -0.4 is 5.32 Å². The molecule has 0 radical (unpaired) electrons. The average Bonchev–Trinajstić information content (AvgIpc) is 3.20. The summed E-state index contributed by atoms with van der Waals surface area (Å²) in [5.74, 6) is 0.508. The fraction of sp³-hybridized carbons (Fsp3) is 0.412. The molecule has 0 aliphatic carbocycles. The summed E-state index contributed by atoms with van der Waals surface area (Å²) < 4.78 is 5.27. The lowest BCUT2D eigenvalue weighted by Gasteiger charge is -2.10. The van der Waals surface area contributed by atoms with E-state index in [-0.39, 0.29) is 5.91 Å². The Bertz CT molecular complexity index is 628. The van der Waals surface area contributed by atoms with Crippen LogP contribution in [0.1, 0.15) is 41.6 Å². The highest BCUT2D eigenvalue weighted by Crippen LogP contribution is 2.15. The number of aryl methyl sites for hydroxylation is 1. The molecule has 5 nitrogen and oxygen atoms in total. The SMILES string of the molecule is CCc1ccc(NC(=O)c2cc(CN3CCCC3)on2)cc1. The summed E-state index contributed by atoms with van der Waals surface area (Å²) in [5, 5.41) is 6.72. The molecule has 2 heterocycles. The molecule has 1 aliphatic heterocycles. The van der Waals surface area contributed by atoms with Crippen molar-refractivity contribution in [2.24, 2.45) is 0 Å². The van der Waals surface area contributed by atoms with Crippen LogP contribution in [0, 0.1) is 0 Å². The second kappa shape index (κ2) is 6.75. The summed E-state index contributed by atoms with van der Waals surface area (Å²) >= 11 is 0. The van der Waals surface area contributed by atoms with E-state index in [0.717, 1.165) is 37.5 Å². The van der Waals surface area contributed by atoms with E-state index in [1.54, 1.807) is 6.07 Å². The van der Waals surface area contributed by atoms with Gasteiger partial charge in [-0.25, -0.2) is 0 Å². The molecule has 1 amide bonds. The van der Waals surface area contributed by atoms with Crippen molar-refractivity contribution in [2.75, 3.05) is 18.4 Å². The fourth-order valence-corrected chi connectivity index (χ4v) is 2.67. The van der Waals surface area contributed by atoms with E-state index in [1.807, 2.05) is 24.3 Å². The van der Waals surface area contributed by atoms with Crippen LogP contribution in [0.4, 0.5) is 5.69 Å². The number of carbonyl (C=O) groups excluding carboxylic acids is 1. The molecule has 1 saturated heterocycles. The van der Waals surface area contributed by atoms with E-state index in [0.29, 0.717) is 5.69 Å². The van der Waals surface area contributed by atoms with E-state index in [9.17, 15) is 4.79 Å². The number of carbonyl (C=O) groups is 1. The molecule has 22 heavy (non-hydrogen) atoms. The van der Waals surface area contributed by atoms with Crippen LogP contribution in [-0.4, -0.2) is 29.1 Å². The van der Waals surface area contributed by atoms with Gasteiger partial charge in [0.1, 0.15) is 0 Å². The Morgan fingerprint density at radius 2 is 2.00 bits per heavy atom. The third kappa shape index (κ3) is 3.54. The minimum atomic E-state index is -0.235. The van der Waals surface area contributed by atoms with Crippen molar-refractivity contribution in [3.63, 3.8) is 0 Å². The molecule has 0 bridgehead atoms.